The Kier molecular flexibility index (Phi) is 4.53. The van der Waals surface area contributed by atoms with Crippen LogP contribution in [0, 0.1) is 10.1 Å². The number of nitro groups is 1. The van der Waals surface area contributed by atoms with Crippen LogP contribution < -0.4 is 11.1 Å². The van der Waals surface area contributed by atoms with Crippen LogP contribution in [-0.4, -0.2) is 22.0 Å². The summed E-state index contributed by atoms with van der Waals surface area (Å²) in [4.78, 5) is 26.0. The van der Waals surface area contributed by atoms with Gasteiger partial charge in [-0.05, 0) is 24.3 Å². The van der Waals surface area contributed by atoms with E-state index in [9.17, 15) is 14.9 Å². The maximum atomic E-state index is 11.5. The molecule has 0 aliphatic carbocycles. The van der Waals surface area contributed by atoms with Crippen molar-refractivity contribution in [3.05, 3.63) is 51.4 Å². The third-order valence-corrected chi connectivity index (χ3v) is 3.28. The third kappa shape index (κ3) is 3.93. The smallest absolute Gasteiger partial charge is 0.437 e. The van der Waals surface area contributed by atoms with Gasteiger partial charge in [-0.3, -0.25) is 20.3 Å². The van der Waals surface area contributed by atoms with Crippen molar-refractivity contribution < 1.29 is 19.7 Å². The SMILES string of the molecule is N/C(=N/OC(=O)Nc1ccc(O)cc1)c1csc([N+](=O)[O-])c1. The van der Waals surface area contributed by atoms with Crippen molar-refractivity contribution in [2.75, 3.05) is 5.32 Å². The number of nitrogens with two attached hydrogens (primary N) is 1. The standard InChI is InChI=1S/C12H10N4O5S/c13-11(7-5-10(16(19)20)22-6-7)15-21-12(18)14-8-1-3-9(17)4-2-8/h1-6,17H,(H2,13,15)(H,14,18). The molecule has 0 saturated heterocycles. The van der Waals surface area contributed by atoms with E-state index in [4.69, 9.17) is 10.8 Å². The number of nitrogens with zero attached hydrogens (tertiary/aromatic N) is 2. The largest absolute Gasteiger partial charge is 0.508 e. The number of nitrogens with one attached hydrogen (secondary N) is 1. The van der Waals surface area contributed by atoms with E-state index < -0.39 is 11.0 Å². The van der Waals surface area contributed by atoms with E-state index in [1.807, 2.05) is 0 Å². The van der Waals surface area contributed by atoms with Gasteiger partial charge in [0.25, 0.3) is 0 Å². The van der Waals surface area contributed by atoms with E-state index in [0.717, 1.165) is 11.3 Å². The molecule has 2 aromatic rings. The second-order valence-corrected chi connectivity index (χ2v) is 4.85. The Balaban J connectivity index is 1.96. The first-order valence-corrected chi connectivity index (χ1v) is 6.67. The Morgan fingerprint density at radius 2 is 2.09 bits per heavy atom. The molecule has 2 rings (SSSR count). The number of carbonyl (C=O) groups excluding carboxylic acids is 1. The zero-order valence-corrected chi connectivity index (χ0v) is 11.7. The maximum absolute atomic E-state index is 11.5. The molecule has 1 aromatic carbocycles. The summed E-state index contributed by atoms with van der Waals surface area (Å²) in [7, 11) is 0. The highest BCUT2D eigenvalue weighted by molar-refractivity contribution is 7.13. The summed E-state index contributed by atoms with van der Waals surface area (Å²) in [5.74, 6) is -0.106. The molecule has 4 N–H and O–H groups in total. The summed E-state index contributed by atoms with van der Waals surface area (Å²) in [5, 5.41) is 26.7. The van der Waals surface area contributed by atoms with Crippen LogP contribution in [0.1, 0.15) is 5.56 Å². The van der Waals surface area contributed by atoms with Crippen LogP contribution in [0.5, 0.6) is 5.75 Å². The molecule has 0 aliphatic heterocycles. The Morgan fingerprint density at radius 3 is 2.68 bits per heavy atom. The number of anilines is 1. The quantitative estimate of drug-likeness (QED) is 0.197. The van der Waals surface area contributed by atoms with Gasteiger partial charge in [0.1, 0.15) is 5.75 Å². The number of rotatable bonds is 4. The number of thiophene rings is 1. The summed E-state index contributed by atoms with van der Waals surface area (Å²) < 4.78 is 0. The molecular weight excluding hydrogens is 312 g/mol. The van der Waals surface area contributed by atoms with Gasteiger partial charge in [-0.25, -0.2) is 4.79 Å². The van der Waals surface area contributed by atoms with Gasteiger partial charge < -0.3 is 10.8 Å². The van der Waals surface area contributed by atoms with Crippen molar-refractivity contribution in [2.24, 2.45) is 10.9 Å². The van der Waals surface area contributed by atoms with Crippen molar-refractivity contribution >= 4 is 34.0 Å². The van der Waals surface area contributed by atoms with Crippen LogP contribution in [0.3, 0.4) is 0 Å². The summed E-state index contributed by atoms with van der Waals surface area (Å²) in [6.45, 7) is 0. The average Bonchev–Trinajstić information content (AvgIpc) is 2.97. The van der Waals surface area contributed by atoms with Crippen molar-refractivity contribution in [3.63, 3.8) is 0 Å². The molecule has 1 heterocycles. The Bertz CT molecular complexity index is 725. The highest BCUT2D eigenvalue weighted by Crippen LogP contribution is 2.22. The van der Waals surface area contributed by atoms with Crippen LogP contribution in [0.15, 0.2) is 40.9 Å². The zero-order chi connectivity index (χ0) is 16.1. The maximum Gasteiger partial charge on any atom is 0.437 e. The van der Waals surface area contributed by atoms with E-state index >= 15 is 0 Å². The minimum Gasteiger partial charge on any atom is -0.508 e. The van der Waals surface area contributed by atoms with Gasteiger partial charge in [-0.1, -0.05) is 16.5 Å². The molecule has 0 bridgehead atoms. The molecule has 1 aromatic heterocycles. The number of carbonyl (C=O) groups is 1. The number of hydrogen-bond acceptors (Lipinski definition) is 7. The lowest BCUT2D eigenvalue weighted by atomic mass is 10.3. The molecule has 114 valence electrons. The normalized spacial score (nSPS) is 11.0. The van der Waals surface area contributed by atoms with Crippen molar-refractivity contribution in [3.8, 4) is 5.75 Å². The molecule has 9 nitrogen and oxygen atoms in total. The van der Waals surface area contributed by atoms with E-state index in [0.29, 0.717) is 5.69 Å². The number of benzene rings is 1. The number of aromatic hydroxyl groups is 1. The molecule has 0 radical (unpaired) electrons. The van der Waals surface area contributed by atoms with Crippen molar-refractivity contribution in [1.82, 2.24) is 0 Å². The van der Waals surface area contributed by atoms with Gasteiger partial charge in [0, 0.05) is 22.7 Å². The lowest BCUT2D eigenvalue weighted by molar-refractivity contribution is -0.380. The molecule has 0 fully saturated rings. The Hall–Kier alpha value is -3.14. The lowest BCUT2D eigenvalue weighted by Gasteiger charge is -2.03. The number of hydrogen-bond donors (Lipinski definition) is 3. The lowest BCUT2D eigenvalue weighted by Crippen LogP contribution is -2.17. The van der Waals surface area contributed by atoms with Gasteiger partial charge in [-0.2, -0.15) is 0 Å². The molecule has 22 heavy (non-hydrogen) atoms. The summed E-state index contributed by atoms with van der Waals surface area (Å²) >= 11 is 0.884. The van der Waals surface area contributed by atoms with Crippen LogP contribution in [0.25, 0.3) is 0 Å². The van der Waals surface area contributed by atoms with Gasteiger partial charge in [-0.15, -0.1) is 0 Å². The summed E-state index contributed by atoms with van der Waals surface area (Å²) in [6, 6.07) is 6.93. The van der Waals surface area contributed by atoms with Crippen LogP contribution in [0.4, 0.5) is 15.5 Å². The minimum absolute atomic E-state index is 0.0558. The molecule has 0 atom stereocenters. The first kappa shape index (κ1) is 15.3. The number of oxime groups is 1. The monoisotopic (exact) mass is 322 g/mol. The Labute approximate surface area is 127 Å². The number of amidine groups is 1. The van der Waals surface area contributed by atoms with Gasteiger partial charge in [0.15, 0.2) is 5.84 Å². The average molecular weight is 322 g/mol. The van der Waals surface area contributed by atoms with Crippen molar-refractivity contribution in [2.45, 2.75) is 0 Å². The highest BCUT2D eigenvalue weighted by Gasteiger charge is 2.12. The second kappa shape index (κ2) is 6.54. The van der Waals surface area contributed by atoms with Crippen LogP contribution in [-0.2, 0) is 4.84 Å². The first-order chi connectivity index (χ1) is 10.5. The molecule has 0 saturated carbocycles. The zero-order valence-electron chi connectivity index (χ0n) is 10.9. The molecule has 0 unspecified atom stereocenters. The Morgan fingerprint density at radius 1 is 1.41 bits per heavy atom. The van der Waals surface area contributed by atoms with Gasteiger partial charge >= 0.3 is 11.1 Å². The molecule has 0 spiro atoms. The molecule has 10 heteroatoms. The third-order valence-electron chi connectivity index (χ3n) is 2.40. The summed E-state index contributed by atoms with van der Waals surface area (Å²) in [5.41, 5.74) is 6.24. The van der Waals surface area contributed by atoms with Gasteiger partial charge in [0.05, 0.1) is 4.92 Å². The predicted octanol–water partition coefficient (Wildman–Crippen LogP) is 2.23. The predicted molar refractivity (Wildman–Crippen MR) is 79.9 cm³/mol. The number of amides is 1. The number of phenols is 1. The topological polar surface area (TPSA) is 140 Å². The fraction of sp³-hybridized carbons (Fsp3) is 0. The van der Waals surface area contributed by atoms with E-state index in [-0.39, 0.29) is 22.1 Å². The molecule has 1 amide bonds. The van der Waals surface area contributed by atoms with Crippen LogP contribution in [0.2, 0.25) is 0 Å². The van der Waals surface area contributed by atoms with E-state index in [2.05, 4.69) is 15.3 Å². The summed E-state index contributed by atoms with van der Waals surface area (Å²) in [6.07, 6.45) is -0.890. The van der Waals surface area contributed by atoms with E-state index in [1.165, 1.54) is 35.7 Å². The number of phenolic OH excluding ortho intramolecular Hbond substituents is 1. The second-order valence-electron chi connectivity index (χ2n) is 3.96. The fourth-order valence-electron chi connectivity index (χ4n) is 1.38. The van der Waals surface area contributed by atoms with E-state index in [1.54, 1.807) is 0 Å². The fourth-order valence-corrected chi connectivity index (χ4v) is 2.10. The van der Waals surface area contributed by atoms with Crippen molar-refractivity contribution in [1.29, 1.82) is 0 Å². The minimum atomic E-state index is -0.890. The van der Waals surface area contributed by atoms with Gasteiger partial charge in [0.2, 0.25) is 0 Å². The highest BCUT2D eigenvalue weighted by atomic mass is 32.1. The van der Waals surface area contributed by atoms with Crippen LogP contribution >= 0.6 is 11.3 Å². The molecule has 0 aliphatic rings. The molecular formula is C12H10N4O5S. The first-order valence-electron chi connectivity index (χ1n) is 5.79.